The molecule has 0 aromatic heterocycles. The Labute approximate surface area is 170 Å². The van der Waals surface area contributed by atoms with Gasteiger partial charge in [0.1, 0.15) is 0 Å². The molecular weight excluding hydrogens is 324 g/mol. The molecular formula is C27H48. The molecule has 0 N–H and O–H groups in total. The maximum Gasteiger partial charge on any atom is -0.0261 e. The van der Waals surface area contributed by atoms with E-state index in [0.29, 0.717) is 10.8 Å². The van der Waals surface area contributed by atoms with Crippen LogP contribution in [0.4, 0.5) is 0 Å². The number of rotatable bonds is 4. The van der Waals surface area contributed by atoms with Crippen LogP contribution in [0.25, 0.3) is 0 Å². The Morgan fingerprint density at radius 2 is 1.56 bits per heavy atom. The van der Waals surface area contributed by atoms with Gasteiger partial charge >= 0.3 is 0 Å². The molecule has 4 aliphatic carbocycles. The minimum Gasteiger partial charge on any atom is -0.0628 e. The smallest absolute Gasteiger partial charge is 0.0261 e. The average Bonchev–Trinajstić information content (AvgIpc) is 3.03. The molecule has 0 bridgehead atoms. The second kappa shape index (κ2) is 7.36. The lowest BCUT2D eigenvalue weighted by molar-refractivity contribution is -0.135. The molecule has 0 aliphatic heterocycles. The first-order valence-corrected chi connectivity index (χ1v) is 12.7. The van der Waals surface area contributed by atoms with Crippen molar-refractivity contribution in [3.63, 3.8) is 0 Å². The van der Waals surface area contributed by atoms with Crippen LogP contribution in [0.5, 0.6) is 0 Å². The fourth-order valence-electron chi connectivity index (χ4n) is 9.40. The van der Waals surface area contributed by atoms with E-state index in [1.165, 1.54) is 32.1 Å². The maximum absolute atomic E-state index is 2.75. The summed E-state index contributed by atoms with van der Waals surface area (Å²) in [6, 6.07) is 0. The molecule has 0 spiro atoms. The molecule has 27 heavy (non-hydrogen) atoms. The third-order valence-electron chi connectivity index (χ3n) is 10.6. The summed E-state index contributed by atoms with van der Waals surface area (Å²) in [5.41, 5.74) is 1.25. The van der Waals surface area contributed by atoms with Gasteiger partial charge in [-0.25, -0.2) is 0 Å². The van der Waals surface area contributed by atoms with Gasteiger partial charge in [0, 0.05) is 0 Å². The van der Waals surface area contributed by atoms with Gasteiger partial charge in [-0.2, -0.15) is 0 Å². The first kappa shape index (κ1) is 20.3. The standard InChI is InChI=1S/C27H48/c1-18(2)8-9-19(3)21-12-10-20-11-14-23-22(25(20)21)13-15-24-26(4,5)16-7-17-27(23,24)6/h18-25H,7-17H2,1-6H3. The van der Waals surface area contributed by atoms with Gasteiger partial charge in [-0.15, -0.1) is 0 Å². The quantitative estimate of drug-likeness (QED) is 0.465. The van der Waals surface area contributed by atoms with E-state index < -0.39 is 0 Å². The first-order valence-electron chi connectivity index (χ1n) is 12.7. The van der Waals surface area contributed by atoms with Crippen LogP contribution in [0.15, 0.2) is 0 Å². The van der Waals surface area contributed by atoms with Crippen molar-refractivity contribution in [2.75, 3.05) is 0 Å². The van der Waals surface area contributed by atoms with Crippen molar-refractivity contribution in [2.45, 2.75) is 112 Å². The minimum absolute atomic E-state index is 0.592. The molecule has 4 fully saturated rings. The molecule has 0 amide bonds. The molecule has 0 aromatic carbocycles. The number of hydrogen-bond donors (Lipinski definition) is 0. The number of hydrogen-bond acceptors (Lipinski definition) is 0. The first-order chi connectivity index (χ1) is 12.7. The fourth-order valence-corrected chi connectivity index (χ4v) is 9.40. The van der Waals surface area contributed by atoms with E-state index in [4.69, 9.17) is 0 Å². The molecule has 0 nitrogen and oxygen atoms in total. The molecule has 0 radical (unpaired) electrons. The van der Waals surface area contributed by atoms with Crippen LogP contribution in [0, 0.1) is 58.2 Å². The molecule has 4 rings (SSSR count). The zero-order valence-electron chi connectivity index (χ0n) is 19.4. The van der Waals surface area contributed by atoms with Crippen LogP contribution in [0.2, 0.25) is 0 Å². The molecule has 0 heterocycles. The molecule has 0 saturated heterocycles. The van der Waals surface area contributed by atoms with Crippen molar-refractivity contribution in [1.29, 1.82) is 0 Å². The van der Waals surface area contributed by atoms with Gasteiger partial charge in [0.15, 0.2) is 0 Å². The summed E-state index contributed by atoms with van der Waals surface area (Å²) in [4.78, 5) is 0. The van der Waals surface area contributed by atoms with Crippen LogP contribution < -0.4 is 0 Å². The second-order valence-electron chi connectivity index (χ2n) is 12.9. The topological polar surface area (TPSA) is 0 Å². The Kier molecular flexibility index (Phi) is 5.53. The lowest BCUT2D eigenvalue weighted by Crippen LogP contribution is -2.55. The zero-order chi connectivity index (χ0) is 19.4. The van der Waals surface area contributed by atoms with Gasteiger partial charge in [0.25, 0.3) is 0 Å². The highest BCUT2D eigenvalue weighted by atomic mass is 14.6. The number of fused-ring (bicyclic) bond motifs is 5. The Morgan fingerprint density at radius 3 is 2.30 bits per heavy atom. The molecule has 0 aromatic rings. The Morgan fingerprint density at radius 1 is 0.815 bits per heavy atom. The van der Waals surface area contributed by atoms with Crippen LogP contribution >= 0.6 is 0 Å². The molecule has 4 saturated carbocycles. The predicted octanol–water partition coefficient (Wildman–Crippen LogP) is 8.35. The summed E-state index contributed by atoms with van der Waals surface area (Å²) in [6.45, 7) is 15.4. The van der Waals surface area contributed by atoms with Gasteiger partial charge in [0.05, 0.1) is 0 Å². The van der Waals surface area contributed by atoms with E-state index in [0.717, 1.165) is 47.3 Å². The van der Waals surface area contributed by atoms with E-state index in [9.17, 15) is 0 Å². The van der Waals surface area contributed by atoms with Crippen molar-refractivity contribution >= 4 is 0 Å². The van der Waals surface area contributed by atoms with Crippen molar-refractivity contribution < 1.29 is 0 Å². The van der Waals surface area contributed by atoms with Gasteiger partial charge < -0.3 is 0 Å². The lowest BCUT2D eigenvalue weighted by atomic mass is 9.42. The summed E-state index contributed by atoms with van der Waals surface area (Å²) < 4.78 is 0. The molecule has 0 heteroatoms. The lowest BCUT2D eigenvalue weighted by Gasteiger charge is -2.63. The van der Waals surface area contributed by atoms with E-state index in [1.54, 1.807) is 38.5 Å². The third kappa shape index (κ3) is 3.44. The van der Waals surface area contributed by atoms with Crippen molar-refractivity contribution in [1.82, 2.24) is 0 Å². The van der Waals surface area contributed by atoms with Gasteiger partial charge in [-0.05, 0) is 110 Å². The largest absolute Gasteiger partial charge is 0.0628 e. The summed E-state index contributed by atoms with van der Waals surface area (Å²) in [7, 11) is 0. The Bertz CT molecular complexity index is 516. The minimum atomic E-state index is 0.592. The van der Waals surface area contributed by atoms with Gasteiger partial charge in [-0.1, -0.05) is 60.8 Å². The molecule has 8 atom stereocenters. The van der Waals surface area contributed by atoms with Crippen LogP contribution in [-0.4, -0.2) is 0 Å². The SMILES string of the molecule is CC(C)CCC(C)C1CCC2CCC3C(CCC4C(C)(C)CCCC34C)C21. The van der Waals surface area contributed by atoms with Crippen molar-refractivity contribution in [3.05, 3.63) is 0 Å². The molecule has 156 valence electrons. The summed E-state index contributed by atoms with van der Waals surface area (Å²) in [6.07, 6.45) is 16.8. The summed E-state index contributed by atoms with van der Waals surface area (Å²) in [5, 5.41) is 0. The predicted molar refractivity (Wildman–Crippen MR) is 118 cm³/mol. The van der Waals surface area contributed by atoms with Crippen LogP contribution in [0.1, 0.15) is 112 Å². The van der Waals surface area contributed by atoms with E-state index in [1.807, 2.05) is 0 Å². The van der Waals surface area contributed by atoms with E-state index in [2.05, 4.69) is 41.5 Å². The van der Waals surface area contributed by atoms with E-state index >= 15 is 0 Å². The highest BCUT2D eigenvalue weighted by molar-refractivity contribution is 5.08. The highest BCUT2D eigenvalue weighted by Gasteiger charge is 2.59. The van der Waals surface area contributed by atoms with Crippen LogP contribution in [0.3, 0.4) is 0 Å². The summed E-state index contributed by atoms with van der Waals surface area (Å²) >= 11 is 0. The third-order valence-corrected chi connectivity index (χ3v) is 10.6. The fraction of sp³-hybridized carbons (Fsp3) is 1.00. The zero-order valence-corrected chi connectivity index (χ0v) is 19.4. The van der Waals surface area contributed by atoms with E-state index in [-0.39, 0.29) is 0 Å². The monoisotopic (exact) mass is 372 g/mol. The average molecular weight is 373 g/mol. The Hall–Kier alpha value is 0. The second-order valence-corrected chi connectivity index (χ2v) is 12.9. The highest BCUT2D eigenvalue weighted by Crippen LogP contribution is 2.67. The maximum atomic E-state index is 2.75. The van der Waals surface area contributed by atoms with Crippen molar-refractivity contribution in [3.8, 4) is 0 Å². The van der Waals surface area contributed by atoms with Crippen molar-refractivity contribution in [2.24, 2.45) is 58.2 Å². The summed E-state index contributed by atoms with van der Waals surface area (Å²) in [5.74, 6) is 8.20. The van der Waals surface area contributed by atoms with Crippen LogP contribution in [-0.2, 0) is 0 Å². The normalized spacial score (nSPS) is 47.2. The Balaban J connectivity index is 1.55. The molecule has 4 aliphatic rings. The van der Waals surface area contributed by atoms with Gasteiger partial charge in [0.2, 0.25) is 0 Å². The van der Waals surface area contributed by atoms with Gasteiger partial charge in [-0.3, -0.25) is 0 Å². The molecule has 8 unspecified atom stereocenters.